The molecular formula is C11H22ClNO2. The molecule has 0 aliphatic carbocycles. The largest absolute Gasteiger partial charge is 0.444 e. The number of carbonyl (C=O) groups excluding carboxylic acids is 1. The summed E-state index contributed by atoms with van der Waals surface area (Å²) in [7, 11) is 0. The average Bonchev–Trinajstić information content (AvgIpc) is 2.09. The van der Waals surface area contributed by atoms with Crippen molar-refractivity contribution in [2.75, 3.05) is 19.0 Å². The Labute approximate surface area is 97.7 Å². The third-order valence-electron chi connectivity index (χ3n) is 1.79. The SMILES string of the molecule is CCCCN(CCCl)C(=O)OC(C)(C)C. The van der Waals surface area contributed by atoms with Crippen molar-refractivity contribution >= 4 is 17.7 Å². The number of halogens is 1. The number of ether oxygens (including phenoxy) is 1. The Morgan fingerprint density at radius 3 is 2.33 bits per heavy atom. The van der Waals surface area contributed by atoms with E-state index in [1.165, 1.54) is 0 Å². The number of amides is 1. The highest BCUT2D eigenvalue weighted by atomic mass is 35.5. The number of hydrogen-bond acceptors (Lipinski definition) is 2. The summed E-state index contributed by atoms with van der Waals surface area (Å²) in [6.07, 6.45) is 1.77. The zero-order valence-electron chi connectivity index (χ0n) is 10.2. The summed E-state index contributed by atoms with van der Waals surface area (Å²) in [6.45, 7) is 8.96. The van der Waals surface area contributed by atoms with Gasteiger partial charge in [0.2, 0.25) is 0 Å². The smallest absolute Gasteiger partial charge is 0.410 e. The van der Waals surface area contributed by atoms with E-state index in [2.05, 4.69) is 6.92 Å². The number of nitrogens with zero attached hydrogens (tertiary/aromatic N) is 1. The molecule has 0 radical (unpaired) electrons. The van der Waals surface area contributed by atoms with Gasteiger partial charge in [0.05, 0.1) is 0 Å². The zero-order valence-corrected chi connectivity index (χ0v) is 10.9. The van der Waals surface area contributed by atoms with Crippen molar-refractivity contribution in [3.63, 3.8) is 0 Å². The molecule has 15 heavy (non-hydrogen) atoms. The third-order valence-corrected chi connectivity index (χ3v) is 1.96. The first-order chi connectivity index (χ1) is 6.90. The number of hydrogen-bond donors (Lipinski definition) is 0. The van der Waals surface area contributed by atoms with E-state index in [1.807, 2.05) is 20.8 Å². The Balaban J connectivity index is 4.15. The molecule has 0 spiro atoms. The number of unbranched alkanes of at least 4 members (excludes halogenated alkanes) is 1. The van der Waals surface area contributed by atoms with Crippen molar-refractivity contribution in [3.8, 4) is 0 Å². The molecule has 0 aromatic rings. The van der Waals surface area contributed by atoms with Crippen molar-refractivity contribution in [1.29, 1.82) is 0 Å². The van der Waals surface area contributed by atoms with Crippen molar-refractivity contribution in [1.82, 2.24) is 4.90 Å². The van der Waals surface area contributed by atoms with Gasteiger partial charge >= 0.3 is 6.09 Å². The Morgan fingerprint density at radius 2 is 1.93 bits per heavy atom. The van der Waals surface area contributed by atoms with E-state index < -0.39 is 5.60 Å². The minimum absolute atomic E-state index is 0.267. The fraction of sp³-hybridized carbons (Fsp3) is 0.909. The van der Waals surface area contributed by atoms with Crippen molar-refractivity contribution in [2.24, 2.45) is 0 Å². The van der Waals surface area contributed by atoms with Gasteiger partial charge in [-0.2, -0.15) is 0 Å². The van der Waals surface area contributed by atoms with Gasteiger partial charge in [0.15, 0.2) is 0 Å². The van der Waals surface area contributed by atoms with E-state index in [0.717, 1.165) is 19.4 Å². The maximum atomic E-state index is 11.7. The predicted molar refractivity (Wildman–Crippen MR) is 63.4 cm³/mol. The summed E-state index contributed by atoms with van der Waals surface area (Å²) in [6, 6.07) is 0. The van der Waals surface area contributed by atoms with Gasteiger partial charge in [-0.15, -0.1) is 11.6 Å². The van der Waals surface area contributed by atoms with Crippen LogP contribution >= 0.6 is 11.6 Å². The van der Waals surface area contributed by atoms with Gasteiger partial charge in [-0.3, -0.25) is 0 Å². The molecule has 90 valence electrons. The summed E-state index contributed by atoms with van der Waals surface area (Å²) < 4.78 is 5.28. The molecule has 0 aliphatic rings. The van der Waals surface area contributed by atoms with Crippen molar-refractivity contribution < 1.29 is 9.53 Å². The third kappa shape index (κ3) is 7.48. The summed E-state index contributed by atoms with van der Waals surface area (Å²) in [5.74, 6) is 0.447. The monoisotopic (exact) mass is 235 g/mol. The van der Waals surface area contributed by atoms with E-state index >= 15 is 0 Å². The predicted octanol–water partition coefficient (Wildman–Crippen LogP) is 3.26. The first kappa shape index (κ1) is 14.6. The number of alkyl halides is 1. The van der Waals surface area contributed by atoms with Crippen molar-refractivity contribution in [3.05, 3.63) is 0 Å². The second-order valence-electron chi connectivity index (χ2n) is 4.51. The second kappa shape index (κ2) is 6.94. The standard InChI is InChI=1S/C11H22ClNO2/c1-5-6-8-13(9-7-12)10(14)15-11(2,3)4/h5-9H2,1-4H3. The van der Waals surface area contributed by atoms with E-state index in [0.29, 0.717) is 12.4 Å². The molecule has 0 saturated carbocycles. The van der Waals surface area contributed by atoms with Crippen LogP contribution in [0.4, 0.5) is 4.79 Å². The second-order valence-corrected chi connectivity index (χ2v) is 4.89. The molecule has 0 rings (SSSR count). The molecule has 0 bridgehead atoms. The van der Waals surface area contributed by atoms with Crippen molar-refractivity contribution in [2.45, 2.75) is 46.1 Å². The highest BCUT2D eigenvalue weighted by Crippen LogP contribution is 2.10. The van der Waals surface area contributed by atoms with Crippen LogP contribution in [0.2, 0.25) is 0 Å². The van der Waals surface area contributed by atoms with Crippen LogP contribution in [0.15, 0.2) is 0 Å². The fourth-order valence-electron chi connectivity index (χ4n) is 1.07. The van der Waals surface area contributed by atoms with Gasteiger partial charge in [0.25, 0.3) is 0 Å². The van der Waals surface area contributed by atoms with Crippen LogP contribution in [0.3, 0.4) is 0 Å². The average molecular weight is 236 g/mol. The molecule has 4 heteroatoms. The highest BCUT2D eigenvalue weighted by molar-refractivity contribution is 6.18. The molecule has 0 N–H and O–H groups in total. The summed E-state index contributed by atoms with van der Waals surface area (Å²) in [5.41, 5.74) is -0.437. The van der Waals surface area contributed by atoms with Crippen LogP contribution in [-0.4, -0.2) is 35.6 Å². The molecule has 0 heterocycles. The lowest BCUT2D eigenvalue weighted by Gasteiger charge is -2.26. The molecule has 0 aromatic heterocycles. The van der Waals surface area contributed by atoms with E-state index in [1.54, 1.807) is 4.90 Å². The Morgan fingerprint density at radius 1 is 1.33 bits per heavy atom. The molecule has 3 nitrogen and oxygen atoms in total. The highest BCUT2D eigenvalue weighted by Gasteiger charge is 2.21. The van der Waals surface area contributed by atoms with E-state index in [9.17, 15) is 4.79 Å². The lowest BCUT2D eigenvalue weighted by atomic mass is 10.2. The van der Waals surface area contributed by atoms with Crippen LogP contribution in [-0.2, 0) is 4.74 Å². The van der Waals surface area contributed by atoms with Gasteiger partial charge in [-0.1, -0.05) is 13.3 Å². The topological polar surface area (TPSA) is 29.5 Å². The lowest BCUT2D eigenvalue weighted by molar-refractivity contribution is 0.0259. The molecule has 0 aromatic carbocycles. The summed E-state index contributed by atoms with van der Waals surface area (Å²) in [5, 5.41) is 0. The quantitative estimate of drug-likeness (QED) is 0.685. The van der Waals surface area contributed by atoms with Crippen LogP contribution in [0.25, 0.3) is 0 Å². The Hall–Kier alpha value is -0.440. The Kier molecular flexibility index (Phi) is 6.73. The van der Waals surface area contributed by atoms with Gasteiger partial charge in [-0.25, -0.2) is 4.79 Å². The minimum atomic E-state index is -0.437. The van der Waals surface area contributed by atoms with Crippen LogP contribution in [0.5, 0.6) is 0 Å². The van der Waals surface area contributed by atoms with Crippen LogP contribution in [0, 0.1) is 0 Å². The number of carbonyl (C=O) groups is 1. The van der Waals surface area contributed by atoms with E-state index in [-0.39, 0.29) is 6.09 Å². The maximum Gasteiger partial charge on any atom is 0.410 e. The molecule has 0 aliphatic heterocycles. The molecule has 0 fully saturated rings. The number of rotatable bonds is 5. The molecule has 0 unspecified atom stereocenters. The maximum absolute atomic E-state index is 11.7. The normalized spacial score (nSPS) is 11.3. The molecule has 0 saturated heterocycles. The summed E-state index contributed by atoms with van der Waals surface area (Å²) in [4.78, 5) is 13.4. The van der Waals surface area contributed by atoms with Crippen LogP contribution < -0.4 is 0 Å². The fourth-order valence-corrected chi connectivity index (χ4v) is 1.28. The van der Waals surface area contributed by atoms with Gasteiger partial charge in [-0.05, 0) is 27.2 Å². The van der Waals surface area contributed by atoms with E-state index in [4.69, 9.17) is 16.3 Å². The molecular weight excluding hydrogens is 214 g/mol. The molecule has 1 amide bonds. The Bertz CT molecular complexity index is 190. The summed E-state index contributed by atoms with van der Waals surface area (Å²) >= 11 is 5.64. The zero-order chi connectivity index (χ0) is 11.9. The minimum Gasteiger partial charge on any atom is -0.444 e. The lowest BCUT2D eigenvalue weighted by Crippen LogP contribution is -2.38. The van der Waals surface area contributed by atoms with Gasteiger partial charge in [0, 0.05) is 19.0 Å². The van der Waals surface area contributed by atoms with Crippen LogP contribution in [0.1, 0.15) is 40.5 Å². The van der Waals surface area contributed by atoms with Gasteiger partial charge < -0.3 is 9.64 Å². The first-order valence-corrected chi connectivity index (χ1v) is 5.98. The molecule has 0 atom stereocenters. The first-order valence-electron chi connectivity index (χ1n) is 5.44. The van der Waals surface area contributed by atoms with Gasteiger partial charge in [0.1, 0.15) is 5.60 Å².